The number of hydrogen-bond donors (Lipinski definition) is 1. The molecule has 6 heteroatoms. The third-order valence-electron chi connectivity index (χ3n) is 3.71. The normalized spacial score (nSPS) is 11.0. The number of nitrogens with zero attached hydrogens (tertiary/aromatic N) is 3. The molecule has 24 heavy (non-hydrogen) atoms. The van der Waals surface area contributed by atoms with Gasteiger partial charge in [-0.3, -0.25) is 0 Å². The lowest BCUT2D eigenvalue weighted by Gasteiger charge is -2.17. The summed E-state index contributed by atoms with van der Waals surface area (Å²) < 4.78 is 4.36. The van der Waals surface area contributed by atoms with Gasteiger partial charge in [-0.05, 0) is 11.0 Å². The molecule has 0 saturated heterocycles. The molecule has 2 aromatic heterocycles. The molecule has 0 aliphatic heterocycles. The highest BCUT2D eigenvalue weighted by atomic mass is 79.9. The first-order valence-electron chi connectivity index (χ1n) is 7.65. The molecule has 0 radical (unpaired) electrons. The first-order chi connectivity index (χ1) is 10.5. The van der Waals surface area contributed by atoms with Crippen LogP contribution < -0.4 is 43.1 Å². The van der Waals surface area contributed by atoms with Crippen molar-refractivity contribution in [3.05, 3.63) is 60.2 Å². The van der Waals surface area contributed by atoms with Crippen LogP contribution >= 0.6 is 0 Å². The molecule has 0 bridgehead atoms. The summed E-state index contributed by atoms with van der Waals surface area (Å²) >= 11 is 0. The van der Waals surface area contributed by atoms with E-state index in [1.54, 1.807) is 0 Å². The van der Waals surface area contributed by atoms with Crippen LogP contribution in [0.2, 0.25) is 0 Å². The van der Waals surface area contributed by atoms with Gasteiger partial charge in [0, 0.05) is 29.8 Å². The van der Waals surface area contributed by atoms with Gasteiger partial charge in [-0.25, -0.2) is 9.13 Å². The Balaban J connectivity index is 0.00000264. The summed E-state index contributed by atoms with van der Waals surface area (Å²) in [5.74, 6) is 0. The number of aryl methyl sites for hydroxylation is 2. The monoisotopic (exact) mass is 457 g/mol. The lowest BCUT2D eigenvalue weighted by atomic mass is 9.88. The molecule has 0 fully saturated rings. The van der Waals surface area contributed by atoms with Crippen molar-refractivity contribution in [3.63, 3.8) is 0 Å². The second-order valence-electron chi connectivity index (χ2n) is 6.54. The van der Waals surface area contributed by atoms with Crippen LogP contribution in [0.3, 0.4) is 0 Å². The number of aromatic nitrogens is 2. The number of oxime groups is 1. The summed E-state index contributed by atoms with van der Waals surface area (Å²) in [4.78, 5) is 0. The van der Waals surface area contributed by atoms with Crippen LogP contribution in [-0.2, 0) is 18.5 Å². The van der Waals surface area contributed by atoms with Crippen LogP contribution in [-0.4, -0.2) is 11.4 Å². The molecule has 132 valence electrons. The van der Waals surface area contributed by atoms with Gasteiger partial charge in [-0.15, -0.1) is 0 Å². The van der Waals surface area contributed by atoms with E-state index in [9.17, 15) is 0 Å². The van der Waals surface area contributed by atoms with Gasteiger partial charge < -0.3 is 39.2 Å². The van der Waals surface area contributed by atoms with Gasteiger partial charge in [0.2, 0.25) is 0 Å². The summed E-state index contributed by atoms with van der Waals surface area (Å²) in [6.45, 7) is 8.65. The van der Waals surface area contributed by atoms with E-state index in [4.69, 9.17) is 5.21 Å². The van der Waals surface area contributed by atoms with E-state index < -0.39 is 0 Å². The molecule has 2 rings (SSSR count). The topological polar surface area (TPSA) is 40.3 Å². The summed E-state index contributed by atoms with van der Waals surface area (Å²) in [6.07, 6.45) is 10.8. The Kier molecular flexibility index (Phi) is 10.0. The Morgan fingerprint density at radius 2 is 1.38 bits per heavy atom. The molecular formula is C18H25Br2N3O. The first-order valence-corrected chi connectivity index (χ1v) is 7.65. The van der Waals surface area contributed by atoms with Gasteiger partial charge >= 0.3 is 0 Å². The summed E-state index contributed by atoms with van der Waals surface area (Å²) in [6, 6.07) is 8.28. The number of rotatable bonds is 5. The molecule has 2 heterocycles. The maximum Gasteiger partial charge on any atom is 0.169 e. The highest BCUT2D eigenvalue weighted by Crippen LogP contribution is 2.20. The van der Waals surface area contributed by atoms with Gasteiger partial charge in [0.25, 0.3) is 0 Å². The van der Waals surface area contributed by atoms with Crippen LogP contribution in [0, 0.1) is 0 Å². The highest BCUT2D eigenvalue weighted by molar-refractivity contribution is 5.78. The summed E-state index contributed by atoms with van der Waals surface area (Å²) in [5.41, 5.74) is 2.46. The van der Waals surface area contributed by atoms with Crippen molar-refractivity contribution < 1.29 is 48.3 Å². The molecule has 0 spiro atoms. The molecule has 0 aromatic carbocycles. The zero-order valence-electron chi connectivity index (χ0n) is 14.4. The van der Waals surface area contributed by atoms with Crippen molar-refractivity contribution in [1.82, 2.24) is 0 Å². The summed E-state index contributed by atoms with van der Waals surface area (Å²) in [7, 11) is 0. The van der Waals surface area contributed by atoms with Crippen molar-refractivity contribution in [3.8, 4) is 0 Å². The minimum Gasteiger partial charge on any atom is -1.00 e. The maximum absolute atomic E-state index is 8.49. The quantitative estimate of drug-likeness (QED) is 0.214. The Morgan fingerprint density at radius 3 is 1.79 bits per heavy atom. The van der Waals surface area contributed by atoms with Gasteiger partial charge in [0.05, 0.1) is 12.6 Å². The molecular weight excluding hydrogens is 434 g/mol. The van der Waals surface area contributed by atoms with E-state index >= 15 is 0 Å². The Bertz CT molecular complexity index is 620. The average molecular weight is 459 g/mol. The van der Waals surface area contributed by atoms with Crippen molar-refractivity contribution in [1.29, 1.82) is 0 Å². The third kappa shape index (κ3) is 7.09. The second kappa shape index (κ2) is 10.6. The number of halogens is 2. The van der Waals surface area contributed by atoms with Crippen LogP contribution in [0.1, 0.15) is 38.3 Å². The fourth-order valence-electron chi connectivity index (χ4n) is 2.31. The largest absolute Gasteiger partial charge is 1.00 e. The summed E-state index contributed by atoms with van der Waals surface area (Å²) in [5, 5.41) is 11.5. The standard InChI is InChI=1S/C18H24N3O.2BrH/c1-18(2,3)17-7-13-21(14-8-17)10-4-9-20-11-5-16(6-12-20)15-19-22;;/h5-8,11-15H,4,9-10H2,1-3H3;2*1H/q+1;;/p-1. The molecule has 0 atom stereocenters. The van der Waals surface area contributed by atoms with Crippen LogP contribution in [0.5, 0.6) is 0 Å². The predicted molar refractivity (Wildman–Crippen MR) is 86.0 cm³/mol. The van der Waals surface area contributed by atoms with Crippen molar-refractivity contribution in [2.45, 2.75) is 45.7 Å². The van der Waals surface area contributed by atoms with E-state index in [1.165, 1.54) is 11.8 Å². The van der Waals surface area contributed by atoms with Gasteiger partial charge in [-0.1, -0.05) is 25.9 Å². The van der Waals surface area contributed by atoms with Crippen molar-refractivity contribution >= 4 is 6.21 Å². The van der Waals surface area contributed by atoms with Gasteiger partial charge in [-0.2, -0.15) is 0 Å². The Labute approximate surface area is 165 Å². The fourth-order valence-corrected chi connectivity index (χ4v) is 2.31. The first kappa shape index (κ1) is 22.7. The van der Waals surface area contributed by atoms with Crippen LogP contribution in [0.4, 0.5) is 0 Å². The van der Waals surface area contributed by atoms with Crippen LogP contribution in [0.15, 0.2) is 54.2 Å². The Hall–Kier alpha value is -1.27. The minimum atomic E-state index is 0. The molecule has 0 aliphatic rings. The molecule has 1 N–H and O–H groups in total. The van der Waals surface area contributed by atoms with E-state index in [2.05, 4.69) is 59.6 Å². The molecule has 0 aliphatic carbocycles. The molecule has 0 saturated carbocycles. The second-order valence-corrected chi connectivity index (χ2v) is 6.54. The Morgan fingerprint density at radius 1 is 0.917 bits per heavy atom. The zero-order chi connectivity index (χ0) is 16.0. The van der Waals surface area contributed by atoms with E-state index in [-0.39, 0.29) is 39.4 Å². The van der Waals surface area contributed by atoms with E-state index in [1.807, 2.05) is 24.5 Å². The molecule has 2 aromatic rings. The zero-order valence-corrected chi connectivity index (χ0v) is 17.5. The average Bonchev–Trinajstić information content (AvgIpc) is 2.49. The van der Waals surface area contributed by atoms with Gasteiger partial charge in [0.1, 0.15) is 0 Å². The third-order valence-corrected chi connectivity index (χ3v) is 3.71. The molecule has 0 amide bonds. The van der Waals surface area contributed by atoms with Crippen LogP contribution in [0.25, 0.3) is 0 Å². The molecule has 4 nitrogen and oxygen atoms in total. The fraction of sp³-hybridized carbons (Fsp3) is 0.389. The maximum atomic E-state index is 8.49. The van der Waals surface area contributed by atoms with E-state index in [0.717, 1.165) is 25.1 Å². The van der Waals surface area contributed by atoms with Crippen molar-refractivity contribution in [2.75, 3.05) is 0 Å². The lowest BCUT2D eigenvalue weighted by Crippen LogP contribution is -3.00. The van der Waals surface area contributed by atoms with Gasteiger partial charge in [0.15, 0.2) is 37.9 Å². The van der Waals surface area contributed by atoms with E-state index in [0.29, 0.717) is 0 Å². The number of pyridine rings is 2. The molecule has 0 unspecified atom stereocenters. The smallest absolute Gasteiger partial charge is 0.169 e. The SMILES string of the molecule is CC(C)(C)c1cc[n+](CCC[n+]2ccc(/C=N/O)cc2)cc1.[Br-].[Br-]. The minimum absolute atomic E-state index is 0. The van der Waals surface area contributed by atoms with Crippen molar-refractivity contribution in [2.24, 2.45) is 5.16 Å². The predicted octanol–water partition coefficient (Wildman–Crippen LogP) is -3.53. The lowest BCUT2D eigenvalue weighted by molar-refractivity contribution is -0.727. The number of hydrogen-bond acceptors (Lipinski definition) is 2. The highest BCUT2D eigenvalue weighted by Gasteiger charge is 2.14.